The number of hydrogen-bond donors (Lipinski definition) is 1. The maximum atomic E-state index is 12.4. The van der Waals surface area contributed by atoms with Crippen molar-refractivity contribution in [3.8, 4) is 0 Å². The minimum atomic E-state index is -0.911. The van der Waals surface area contributed by atoms with Crippen LogP contribution in [0.5, 0.6) is 0 Å². The third-order valence-corrected chi connectivity index (χ3v) is 4.60. The lowest BCUT2D eigenvalue weighted by Gasteiger charge is -2.28. The molecule has 6 heteroatoms. The monoisotopic (exact) mass is 327 g/mol. The highest BCUT2D eigenvalue weighted by Gasteiger charge is 2.44. The minimum absolute atomic E-state index is 0.0656. The van der Waals surface area contributed by atoms with Gasteiger partial charge in [-0.2, -0.15) is 5.10 Å². The Morgan fingerprint density at radius 1 is 1.29 bits per heavy atom. The van der Waals surface area contributed by atoms with Gasteiger partial charge >= 0.3 is 5.97 Å². The molecule has 6 nitrogen and oxygen atoms in total. The summed E-state index contributed by atoms with van der Waals surface area (Å²) in [6.45, 7) is 3.19. The van der Waals surface area contributed by atoms with Gasteiger partial charge in [-0.25, -0.2) is 0 Å². The Kier molecular flexibility index (Phi) is 4.64. The van der Waals surface area contributed by atoms with Gasteiger partial charge in [0.25, 0.3) is 0 Å². The Bertz CT molecular complexity index is 727. The number of carboxylic acid groups (broad SMARTS) is 1. The van der Waals surface area contributed by atoms with E-state index in [-0.39, 0.29) is 12.3 Å². The molecule has 1 aliphatic rings. The van der Waals surface area contributed by atoms with E-state index in [0.717, 1.165) is 17.5 Å². The molecule has 1 N–H and O–H groups in total. The highest BCUT2D eigenvalue weighted by atomic mass is 16.4. The van der Waals surface area contributed by atoms with Crippen LogP contribution in [0.4, 0.5) is 0 Å². The number of likely N-dealkylation sites (tertiary alicyclic amines) is 1. The van der Waals surface area contributed by atoms with Gasteiger partial charge in [0.2, 0.25) is 5.91 Å². The number of carbonyl (C=O) groups is 2. The van der Waals surface area contributed by atoms with Crippen molar-refractivity contribution in [3.05, 3.63) is 53.9 Å². The molecule has 1 aliphatic heterocycles. The summed E-state index contributed by atoms with van der Waals surface area (Å²) in [6, 6.07) is 9.17. The molecule has 0 radical (unpaired) electrons. The minimum Gasteiger partial charge on any atom is -0.481 e. The van der Waals surface area contributed by atoms with Gasteiger partial charge in [0.05, 0.1) is 12.0 Å². The van der Waals surface area contributed by atoms with Crippen molar-refractivity contribution in [2.75, 3.05) is 6.54 Å². The number of aryl methyl sites for hydroxylation is 2. The van der Waals surface area contributed by atoms with Gasteiger partial charge in [-0.15, -0.1) is 0 Å². The average molecular weight is 327 g/mol. The first kappa shape index (κ1) is 16.2. The molecule has 1 fully saturated rings. The normalized spacial score (nSPS) is 20.5. The van der Waals surface area contributed by atoms with E-state index >= 15 is 0 Å². The van der Waals surface area contributed by atoms with Gasteiger partial charge in [0.1, 0.15) is 0 Å². The largest absolute Gasteiger partial charge is 0.481 e. The second-order valence-corrected chi connectivity index (χ2v) is 6.16. The maximum Gasteiger partial charge on any atom is 0.309 e. The highest BCUT2D eigenvalue weighted by Crippen LogP contribution is 2.39. The Balaban J connectivity index is 1.80. The summed E-state index contributed by atoms with van der Waals surface area (Å²) < 4.78 is 1.82. The third-order valence-electron chi connectivity index (χ3n) is 4.60. The van der Waals surface area contributed by atoms with E-state index in [1.807, 2.05) is 48.1 Å². The van der Waals surface area contributed by atoms with Crippen LogP contribution < -0.4 is 0 Å². The van der Waals surface area contributed by atoms with Crippen molar-refractivity contribution in [1.29, 1.82) is 0 Å². The molecule has 1 aromatic carbocycles. The topological polar surface area (TPSA) is 75.4 Å². The quantitative estimate of drug-likeness (QED) is 0.883. The molecule has 2 heterocycles. The lowest BCUT2D eigenvalue weighted by Crippen LogP contribution is -2.32. The highest BCUT2D eigenvalue weighted by molar-refractivity contribution is 5.87. The standard InChI is InChI=1S/C18H21N3O3/c1-13-6-2-3-7-14(13)17-15(18(23)24)12-16(22)21(17)11-5-10-20-9-4-8-19-20/h2-4,6-9,15,17H,5,10-12H2,1H3,(H,23,24)/t15-,17+/m0/s1. The van der Waals surface area contributed by atoms with E-state index in [9.17, 15) is 14.7 Å². The van der Waals surface area contributed by atoms with Crippen molar-refractivity contribution in [1.82, 2.24) is 14.7 Å². The summed E-state index contributed by atoms with van der Waals surface area (Å²) in [7, 11) is 0. The molecule has 0 bridgehead atoms. The number of hydrogen-bond acceptors (Lipinski definition) is 3. The summed E-state index contributed by atoms with van der Waals surface area (Å²) in [5, 5.41) is 13.7. The zero-order valence-corrected chi connectivity index (χ0v) is 13.6. The number of rotatable bonds is 6. The summed E-state index contributed by atoms with van der Waals surface area (Å²) >= 11 is 0. The molecule has 2 atom stereocenters. The molecule has 0 saturated carbocycles. The van der Waals surface area contributed by atoms with Crippen LogP contribution in [0.1, 0.15) is 30.0 Å². The lowest BCUT2D eigenvalue weighted by molar-refractivity contribution is -0.142. The van der Waals surface area contributed by atoms with Crippen LogP contribution in [-0.2, 0) is 16.1 Å². The Morgan fingerprint density at radius 3 is 2.75 bits per heavy atom. The first-order valence-corrected chi connectivity index (χ1v) is 8.13. The Hall–Kier alpha value is -2.63. The van der Waals surface area contributed by atoms with Crippen LogP contribution in [0.3, 0.4) is 0 Å². The first-order chi connectivity index (χ1) is 11.6. The fourth-order valence-electron chi connectivity index (χ4n) is 3.41. The van der Waals surface area contributed by atoms with Crippen molar-refractivity contribution in [2.24, 2.45) is 5.92 Å². The predicted octanol–water partition coefficient (Wildman–Crippen LogP) is 2.26. The van der Waals surface area contributed by atoms with Gasteiger partial charge in [-0.1, -0.05) is 24.3 Å². The summed E-state index contributed by atoms with van der Waals surface area (Å²) in [4.78, 5) is 25.8. The number of aromatic nitrogens is 2. The molecule has 1 saturated heterocycles. The summed E-state index contributed by atoms with van der Waals surface area (Å²) in [6.07, 6.45) is 4.40. The molecule has 2 aromatic rings. The number of carboxylic acids is 1. The molecule has 1 aromatic heterocycles. The molecule has 3 rings (SSSR count). The number of nitrogens with zero attached hydrogens (tertiary/aromatic N) is 3. The Morgan fingerprint density at radius 2 is 2.08 bits per heavy atom. The smallest absolute Gasteiger partial charge is 0.309 e. The molecular formula is C18H21N3O3. The van der Waals surface area contributed by atoms with Crippen LogP contribution in [0.2, 0.25) is 0 Å². The fourth-order valence-corrected chi connectivity index (χ4v) is 3.41. The van der Waals surface area contributed by atoms with Gasteiger partial charge < -0.3 is 10.0 Å². The molecule has 24 heavy (non-hydrogen) atoms. The molecule has 1 amide bonds. The van der Waals surface area contributed by atoms with Crippen molar-refractivity contribution < 1.29 is 14.7 Å². The van der Waals surface area contributed by atoms with Crippen molar-refractivity contribution >= 4 is 11.9 Å². The summed E-state index contributed by atoms with van der Waals surface area (Å²) in [5.74, 6) is -1.69. The van der Waals surface area contributed by atoms with E-state index in [1.165, 1.54) is 0 Å². The van der Waals surface area contributed by atoms with E-state index in [1.54, 1.807) is 11.1 Å². The van der Waals surface area contributed by atoms with E-state index in [4.69, 9.17) is 0 Å². The maximum absolute atomic E-state index is 12.4. The SMILES string of the molecule is Cc1ccccc1[C@@H]1[C@@H](C(=O)O)CC(=O)N1CCCn1cccn1. The van der Waals surface area contributed by atoms with Gasteiger partial charge in [-0.05, 0) is 30.5 Å². The zero-order valence-electron chi connectivity index (χ0n) is 13.6. The van der Waals surface area contributed by atoms with Crippen LogP contribution in [0.25, 0.3) is 0 Å². The number of aliphatic carboxylic acids is 1. The lowest BCUT2D eigenvalue weighted by atomic mass is 9.91. The first-order valence-electron chi connectivity index (χ1n) is 8.13. The third kappa shape index (κ3) is 3.18. The van der Waals surface area contributed by atoms with Crippen molar-refractivity contribution in [2.45, 2.75) is 32.4 Å². The number of carbonyl (C=O) groups excluding carboxylic acids is 1. The van der Waals surface area contributed by atoms with Gasteiger partial charge in [-0.3, -0.25) is 14.3 Å². The fraction of sp³-hybridized carbons (Fsp3) is 0.389. The summed E-state index contributed by atoms with van der Waals surface area (Å²) in [5.41, 5.74) is 1.94. The van der Waals surface area contributed by atoms with Gasteiger partial charge in [0, 0.05) is 31.9 Å². The molecule has 0 unspecified atom stereocenters. The van der Waals surface area contributed by atoms with Crippen LogP contribution in [-0.4, -0.2) is 38.2 Å². The van der Waals surface area contributed by atoms with Crippen LogP contribution >= 0.6 is 0 Å². The van der Waals surface area contributed by atoms with Crippen molar-refractivity contribution in [3.63, 3.8) is 0 Å². The Labute approximate surface area is 140 Å². The molecular weight excluding hydrogens is 306 g/mol. The average Bonchev–Trinajstić information content (AvgIpc) is 3.17. The van der Waals surface area contributed by atoms with Gasteiger partial charge in [0.15, 0.2) is 0 Å². The van der Waals surface area contributed by atoms with E-state index in [2.05, 4.69) is 5.10 Å². The van der Waals surface area contributed by atoms with Crippen LogP contribution in [0, 0.1) is 12.8 Å². The second kappa shape index (κ2) is 6.86. The number of benzene rings is 1. The molecule has 0 spiro atoms. The molecule has 126 valence electrons. The van der Waals surface area contributed by atoms with E-state index in [0.29, 0.717) is 13.1 Å². The van der Waals surface area contributed by atoms with E-state index < -0.39 is 17.9 Å². The second-order valence-electron chi connectivity index (χ2n) is 6.16. The molecule has 0 aliphatic carbocycles. The van der Waals surface area contributed by atoms with Crippen LogP contribution in [0.15, 0.2) is 42.7 Å². The predicted molar refractivity (Wildman–Crippen MR) is 88.2 cm³/mol. The zero-order chi connectivity index (χ0) is 17.1. The number of amides is 1.